The molecule has 3 fully saturated rings. The molecule has 1 aromatic heterocycles. The summed E-state index contributed by atoms with van der Waals surface area (Å²) in [4.78, 5) is 59.3. The number of ether oxygens (including phenoxy) is 5. The molecule has 0 radical (unpaired) electrons. The molecule has 1 amide bonds. The van der Waals surface area contributed by atoms with Crippen LogP contribution in [-0.2, 0) is 42.9 Å². The molecule has 69 heavy (non-hydrogen) atoms. The van der Waals surface area contributed by atoms with E-state index in [4.69, 9.17) is 23.7 Å². The number of cyclic esters (lactones) is 1. The van der Waals surface area contributed by atoms with Crippen molar-refractivity contribution in [1.82, 2.24) is 4.90 Å². The van der Waals surface area contributed by atoms with Gasteiger partial charge < -0.3 is 49.0 Å². The summed E-state index contributed by atoms with van der Waals surface area (Å²) in [5.74, 6) is -7.39. The highest BCUT2D eigenvalue weighted by molar-refractivity contribution is 7.19. The molecule has 1 aliphatic carbocycles. The number of esters is 1. The minimum Gasteiger partial charge on any atom is -0.456 e. The zero-order valence-corrected chi connectivity index (χ0v) is 43.1. The number of nitrogens with zero attached hydrogens (tertiary/aromatic N) is 1. The first kappa shape index (κ1) is 54.9. The highest BCUT2D eigenvalue weighted by Crippen LogP contribution is 2.43. The van der Waals surface area contributed by atoms with Crippen LogP contribution in [0.3, 0.4) is 0 Å². The Kier molecular flexibility index (Phi) is 19.0. The summed E-state index contributed by atoms with van der Waals surface area (Å²) in [5, 5.41) is 48.2. The monoisotopic (exact) mass is 982 g/mol. The van der Waals surface area contributed by atoms with Crippen LogP contribution in [0.25, 0.3) is 10.1 Å². The molecule has 15 unspecified atom stereocenters. The number of benzene rings is 1. The molecule has 4 N–H and O–H groups in total. The predicted molar refractivity (Wildman–Crippen MR) is 263 cm³/mol. The first-order valence-electron chi connectivity index (χ1n) is 25.2. The lowest BCUT2D eigenvalue weighted by Gasteiger charge is -2.47. The molecule has 3 aliphatic heterocycles. The molecular formula is C54H79NO13S. The Morgan fingerprint density at radius 3 is 2.36 bits per heavy atom. The first-order valence-corrected chi connectivity index (χ1v) is 26.0. The molecule has 2 bridgehead atoms. The van der Waals surface area contributed by atoms with Crippen molar-refractivity contribution >= 4 is 44.9 Å². The average Bonchev–Trinajstić information content (AvgIpc) is 3.78. The maximum atomic E-state index is 14.7. The topological polar surface area (TPSA) is 199 Å². The van der Waals surface area contributed by atoms with E-state index in [-0.39, 0.29) is 55.8 Å². The van der Waals surface area contributed by atoms with Gasteiger partial charge in [0.1, 0.15) is 24.0 Å². The minimum atomic E-state index is -2.53. The number of Topliss-reactive ketones (excluding diaryl/α,β-unsaturated/α-hetero) is 2. The van der Waals surface area contributed by atoms with Gasteiger partial charge in [0.25, 0.3) is 11.7 Å². The number of aliphatic hydroxyl groups is 4. The number of piperidine rings is 1. The number of allylic oxidation sites excluding steroid dienone is 3. The number of rotatable bonds is 10. The van der Waals surface area contributed by atoms with E-state index in [1.165, 1.54) is 19.1 Å². The fourth-order valence-electron chi connectivity index (χ4n) is 11.4. The third-order valence-electron chi connectivity index (χ3n) is 15.9. The van der Waals surface area contributed by atoms with Crippen LogP contribution < -0.4 is 0 Å². The molecular weight excluding hydrogens is 903 g/mol. The number of hydrogen-bond acceptors (Lipinski definition) is 14. The van der Waals surface area contributed by atoms with Gasteiger partial charge in [-0.25, -0.2) is 4.79 Å². The molecule has 6 rings (SSSR count). The number of carbonyl (C=O) groups is 4. The molecule has 15 heteroatoms. The van der Waals surface area contributed by atoms with Crippen molar-refractivity contribution in [2.24, 2.45) is 29.6 Å². The maximum absolute atomic E-state index is 14.7. The van der Waals surface area contributed by atoms with Crippen molar-refractivity contribution in [3.63, 3.8) is 0 Å². The lowest BCUT2D eigenvalue weighted by atomic mass is 9.73. The van der Waals surface area contributed by atoms with Crippen LogP contribution in [0.4, 0.5) is 0 Å². The van der Waals surface area contributed by atoms with Crippen molar-refractivity contribution in [3.05, 3.63) is 58.5 Å². The van der Waals surface area contributed by atoms with Crippen LogP contribution in [0.5, 0.6) is 0 Å². The fraction of sp³-hybridized carbons (Fsp3) is 0.704. The third-order valence-corrected chi connectivity index (χ3v) is 17.1. The maximum Gasteiger partial charge on any atom is 0.329 e. The standard InChI is InChI=1S/C54H79NO13S/c1-10-36-19-22-55-40(27-36)52(61)67-48(33(4)25-37-17-20-53(62,47(28-37)66-9)21-18-41(57)46-29-38-13-11-12-14-45(38)69-46)35(6)42(58)30-39(56)16-15-31(2)23-32(3)24-43(64-7)49-44(65-8)26-34(5)54(63,68-49)50(59)51(55)60/h11-15,25,29,32,34-37,40-44,47-49,57-58,62-63H,10,16-24,26-28,30H2,1-9H3. The highest BCUT2D eigenvalue weighted by atomic mass is 32.1. The second-order valence-corrected chi connectivity index (χ2v) is 22.1. The summed E-state index contributed by atoms with van der Waals surface area (Å²) < 4.78 is 31.5. The second kappa shape index (κ2) is 23.9. The number of carbonyl (C=O) groups excluding carboxylic acids is 4. The summed E-state index contributed by atoms with van der Waals surface area (Å²) >= 11 is 1.54. The normalized spacial score (nSPS) is 36.9. The smallest absolute Gasteiger partial charge is 0.329 e. The largest absolute Gasteiger partial charge is 0.456 e. The van der Waals surface area contributed by atoms with E-state index in [0.29, 0.717) is 63.4 Å². The van der Waals surface area contributed by atoms with E-state index in [1.54, 1.807) is 32.3 Å². The number of fused-ring (bicyclic) bond motifs is 4. The number of ketones is 2. The van der Waals surface area contributed by atoms with Gasteiger partial charge in [0, 0.05) is 62.1 Å². The Morgan fingerprint density at radius 2 is 1.68 bits per heavy atom. The number of thiophene rings is 1. The fourth-order valence-corrected chi connectivity index (χ4v) is 12.5. The predicted octanol–water partition coefficient (Wildman–Crippen LogP) is 7.57. The van der Waals surface area contributed by atoms with Crippen LogP contribution >= 0.6 is 11.3 Å². The minimum absolute atomic E-state index is 0.0221. The van der Waals surface area contributed by atoms with E-state index in [9.17, 15) is 39.6 Å². The van der Waals surface area contributed by atoms with E-state index in [2.05, 4.69) is 0 Å². The molecule has 15 atom stereocenters. The van der Waals surface area contributed by atoms with Gasteiger partial charge in [-0.1, -0.05) is 70.0 Å². The van der Waals surface area contributed by atoms with E-state index in [1.807, 2.05) is 70.2 Å². The van der Waals surface area contributed by atoms with Crippen molar-refractivity contribution in [3.8, 4) is 0 Å². The van der Waals surface area contributed by atoms with Gasteiger partial charge in [-0.2, -0.15) is 0 Å². The summed E-state index contributed by atoms with van der Waals surface area (Å²) in [6.07, 6.45) is 2.94. The van der Waals surface area contributed by atoms with Crippen LogP contribution in [0.2, 0.25) is 0 Å². The van der Waals surface area contributed by atoms with Crippen molar-refractivity contribution in [1.29, 1.82) is 0 Å². The van der Waals surface area contributed by atoms with Gasteiger partial charge in [0.05, 0.1) is 36.1 Å². The third kappa shape index (κ3) is 12.8. The second-order valence-electron chi connectivity index (χ2n) is 20.9. The Hall–Kier alpha value is -3.38. The van der Waals surface area contributed by atoms with Gasteiger partial charge in [0.15, 0.2) is 0 Å². The molecule has 0 spiro atoms. The van der Waals surface area contributed by atoms with Crippen molar-refractivity contribution < 1.29 is 63.3 Å². The molecule has 4 aliphatic rings. The number of hydrogen-bond donors (Lipinski definition) is 4. The Morgan fingerprint density at radius 1 is 0.971 bits per heavy atom. The molecule has 1 aromatic carbocycles. The number of amides is 1. The van der Waals surface area contributed by atoms with Gasteiger partial charge in [-0.05, 0) is 119 Å². The summed E-state index contributed by atoms with van der Waals surface area (Å²) in [7, 11) is 4.62. The van der Waals surface area contributed by atoms with Crippen LogP contribution in [0, 0.1) is 29.6 Å². The lowest BCUT2D eigenvalue weighted by Crippen LogP contribution is -2.64. The molecule has 4 heterocycles. The average molecular weight is 982 g/mol. The van der Waals surface area contributed by atoms with Crippen LogP contribution in [0.15, 0.2) is 53.6 Å². The van der Waals surface area contributed by atoms with Gasteiger partial charge >= 0.3 is 5.97 Å². The van der Waals surface area contributed by atoms with Gasteiger partial charge in [0.2, 0.25) is 5.79 Å². The van der Waals surface area contributed by atoms with Crippen molar-refractivity contribution in [2.75, 3.05) is 27.9 Å². The van der Waals surface area contributed by atoms with Crippen LogP contribution in [-0.4, -0.2) is 131 Å². The van der Waals surface area contributed by atoms with E-state index in [0.717, 1.165) is 20.5 Å². The number of aliphatic hydroxyl groups excluding tert-OH is 2. The summed E-state index contributed by atoms with van der Waals surface area (Å²) in [6.45, 7) is 11.2. The Bertz CT molecular complexity index is 2120. The SMILES string of the molecule is CCC1CCN2C(=O)C(=O)C3(O)OC(C(OC)CC(C)CC(C)=CCC(=O)CC(O)C(C)C(C(C)=CC4CCC(O)(CCC(O)c5cc6ccccc6s5)C(OC)C4)OC(=O)C2C1)C(OC)CC3C. The molecule has 14 nitrogen and oxygen atoms in total. The Labute approximate surface area is 412 Å². The molecule has 1 saturated carbocycles. The zero-order valence-electron chi connectivity index (χ0n) is 42.3. The molecule has 384 valence electrons. The molecule has 2 saturated heterocycles. The lowest BCUT2D eigenvalue weighted by molar-refractivity contribution is -0.302. The first-order chi connectivity index (χ1) is 32.7. The van der Waals surface area contributed by atoms with Crippen molar-refractivity contribution in [2.45, 2.75) is 185 Å². The summed E-state index contributed by atoms with van der Waals surface area (Å²) in [5.41, 5.74) is 0.392. The number of methoxy groups -OCH3 is 3. The zero-order chi connectivity index (χ0) is 50.4. The van der Waals surface area contributed by atoms with E-state index < -0.39 is 89.7 Å². The van der Waals surface area contributed by atoms with Gasteiger partial charge in [-0.3, -0.25) is 14.4 Å². The van der Waals surface area contributed by atoms with E-state index >= 15 is 0 Å². The van der Waals surface area contributed by atoms with Gasteiger partial charge in [-0.15, -0.1) is 11.3 Å². The van der Waals surface area contributed by atoms with Crippen LogP contribution in [0.1, 0.15) is 136 Å². The molecule has 2 aromatic rings. The highest BCUT2D eigenvalue weighted by Gasteiger charge is 2.57. The summed E-state index contributed by atoms with van der Waals surface area (Å²) in [6, 6.07) is 8.79. The quantitative estimate of drug-likeness (QED) is 0.103. The Balaban J connectivity index is 1.28.